The Hall–Kier alpha value is -2.70. The van der Waals surface area contributed by atoms with Gasteiger partial charge in [0.05, 0.1) is 7.11 Å². The molecule has 0 saturated carbocycles. The summed E-state index contributed by atoms with van der Waals surface area (Å²) in [6.45, 7) is 0.250. The van der Waals surface area contributed by atoms with Gasteiger partial charge in [0.25, 0.3) is 0 Å². The van der Waals surface area contributed by atoms with E-state index >= 15 is 0 Å². The van der Waals surface area contributed by atoms with Crippen LogP contribution in [0.15, 0.2) is 24.5 Å². The van der Waals surface area contributed by atoms with Gasteiger partial charge in [0, 0.05) is 18.8 Å². The smallest absolute Gasteiger partial charge is 0.231 e. The maximum absolute atomic E-state index is 5.34. The zero-order valence-electron chi connectivity index (χ0n) is 11.1. The largest absolute Gasteiger partial charge is 0.490 e. The van der Waals surface area contributed by atoms with Crippen LogP contribution in [0, 0.1) is 0 Å². The van der Waals surface area contributed by atoms with Crippen molar-refractivity contribution in [2.75, 3.05) is 31.6 Å². The summed E-state index contributed by atoms with van der Waals surface area (Å²) in [4.78, 5) is 8.28. The van der Waals surface area contributed by atoms with Crippen molar-refractivity contribution in [2.24, 2.45) is 0 Å². The Balaban J connectivity index is 1.91. The second-order valence-electron chi connectivity index (χ2n) is 4.05. The molecule has 0 aliphatic carbocycles. The highest BCUT2D eigenvalue weighted by molar-refractivity contribution is 5.70. The Morgan fingerprint density at radius 3 is 2.75 bits per heavy atom. The van der Waals surface area contributed by atoms with Crippen LogP contribution in [0.1, 0.15) is 0 Å². The molecule has 7 heteroatoms. The summed E-state index contributed by atoms with van der Waals surface area (Å²) < 4.78 is 15.9. The molecule has 1 aromatic carbocycles. The lowest BCUT2D eigenvalue weighted by Crippen LogP contribution is -2.03. The van der Waals surface area contributed by atoms with E-state index in [1.54, 1.807) is 14.2 Å². The molecule has 1 aromatic heterocycles. The van der Waals surface area contributed by atoms with Crippen LogP contribution in [-0.2, 0) is 0 Å². The Morgan fingerprint density at radius 2 is 1.95 bits per heavy atom. The lowest BCUT2D eigenvalue weighted by atomic mass is 10.2. The van der Waals surface area contributed by atoms with E-state index in [2.05, 4.69) is 20.6 Å². The molecular weight excluding hydrogens is 260 g/mol. The number of nitrogens with one attached hydrogen (secondary N) is 2. The maximum atomic E-state index is 5.34. The van der Waals surface area contributed by atoms with Crippen LogP contribution in [0.5, 0.6) is 17.2 Å². The van der Waals surface area contributed by atoms with Crippen LogP contribution in [0.2, 0.25) is 0 Å². The molecule has 1 aliphatic rings. The lowest BCUT2D eigenvalue weighted by Gasteiger charge is -2.12. The highest BCUT2D eigenvalue weighted by Gasteiger charge is 2.15. The fourth-order valence-electron chi connectivity index (χ4n) is 1.95. The number of hydrogen-bond acceptors (Lipinski definition) is 7. The average molecular weight is 274 g/mol. The van der Waals surface area contributed by atoms with Gasteiger partial charge < -0.3 is 24.8 Å². The Kier molecular flexibility index (Phi) is 3.16. The topological polar surface area (TPSA) is 77.5 Å². The zero-order valence-corrected chi connectivity index (χ0v) is 11.1. The van der Waals surface area contributed by atoms with Crippen LogP contribution in [0.3, 0.4) is 0 Å². The van der Waals surface area contributed by atoms with Crippen LogP contribution < -0.4 is 24.8 Å². The number of anilines is 3. The molecule has 0 bridgehead atoms. The minimum atomic E-state index is 0.250. The third-order valence-corrected chi connectivity index (χ3v) is 2.88. The summed E-state index contributed by atoms with van der Waals surface area (Å²) in [6, 6.07) is 5.58. The second-order valence-corrected chi connectivity index (χ2v) is 4.05. The van der Waals surface area contributed by atoms with E-state index < -0.39 is 0 Å². The van der Waals surface area contributed by atoms with Crippen LogP contribution in [0.4, 0.5) is 17.3 Å². The van der Waals surface area contributed by atoms with E-state index in [9.17, 15) is 0 Å². The Bertz CT molecular complexity index is 633. The van der Waals surface area contributed by atoms with Gasteiger partial charge in [0.2, 0.25) is 12.5 Å². The first-order chi connectivity index (χ1) is 9.81. The predicted octanol–water partition coefficient (Wildman–Crippen LogP) is 2.00. The van der Waals surface area contributed by atoms with Crippen molar-refractivity contribution in [3.63, 3.8) is 0 Å². The normalized spacial score (nSPS) is 12.1. The van der Waals surface area contributed by atoms with Gasteiger partial charge in [0.15, 0.2) is 23.1 Å². The van der Waals surface area contributed by atoms with Crippen LogP contribution >= 0.6 is 0 Å². The van der Waals surface area contributed by atoms with Gasteiger partial charge in [-0.05, 0) is 12.1 Å². The number of methoxy groups -OCH3 is 1. The highest BCUT2D eigenvalue weighted by Crippen LogP contribution is 2.36. The molecule has 0 spiro atoms. The fraction of sp³-hybridized carbons (Fsp3) is 0.231. The van der Waals surface area contributed by atoms with Gasteiger partial charge >= 0.3 is 0 Å². The number of nitrogens with zero attached hydrogens (tertiary/aromatic N) is 2. The number of rotatable bonds is 4. The minimum Gasteiger partial charge on any atom is -0.490 e. The van der Waals surface area contributed by atoms with Gasteiger partial charge in [-0.3, -0.25) is 0 Å². The molecule has 20 heavy (non-hydrogen) atoms. The van der Waals surface area contributed by atoms with Gasteiger partial charge in [-0.2, -0.15) is 0 Å². The standard InChI is InChI=1S/C13H14N4O3/c1-14-12-11(18-2)13(16-6-15-12)17-8-3-4-9-10(5-8)20-7-19-9/h3-6H,7H2,1-2H3,(H2,14,15,16,17). The van der Waals surface area contributed by atoms with Crippen LogP contribution in [-0.4, -0.2) is 30.9 Å². The maximum Gasteiger partial charge on any atom is 0.231 e. The van der Waals surface area contributed by atoms with Crippen molar-refractivity contribution >= 4 is 17.3 Å². The molecule has 2 heterocycles. The van der Waals surface area contributed by atoms with Gasteiger partial charge in [0.1, 0.15) is 6.33 Å². The van der Waals surface area contributed by atoms with Gasteiger partial charge in [-0.15, -0.1) is 0 Å². The lowest BCUT2D eigenvalue weighted by molar-refractivity contribution is 0.174. The van der Waals surface area contributed by atoms with Crippen LogP contribution in [0.25, 0.3) is 0 Å². The van der Waals surface area contributed by atoms with E-state index in [1.807, 2.05) is 18.2 Å². The van der Waals surface area contributed by atoms with Gasteiger partial charge in [-0.1, -0.05) is 0 Å². The number of hydrogen-bond donors (Lipinski definition) is 2. The van der Waals surface area contributed by atoms with Gasteiger partial charge in [-0.25, -0.2) is 9.97 Å². The molecule has 0 saturated heterocycles. The van der Waals surface area contributed by atoms with E-state index in [-0.39, 0.29) is 6.79 Å². The highest BCUT2D eigenvalue weighted by atomic mass is 16.7. The summed E-state index contributed by atoms with van der Waals surface area (Å²) in [7, 11) is 3.35. The predicted molar refractivity (Wildman–Crippen MR) is 74.0 cm³/mol. The van der Waals surface area contributed by atoms with Crippen molar-refractivity contribution in [1.82, 2.24) is 9.97 Å². The Labute approximate surface area is 115 Å². The fourth-order valence-corrected chi connectivity index (χ4v) is 1.95. The molecular formula is C13H14N4O3. The SMILES string of the molecule is CNc1ncnc(Nc2ccc3c(c2)OCO3)c1OC. The number of aromatic nitrogens is 2. The average Bonchev–Trinajstić information content (AvgIpc) is 2.94. The third kappa shape index (κ3) is 2.13. The summed E-state index contributed by atoms with van der Waals surface area (Å²) in [5.74, 6) is 3.18. The molecule has 0 unspecified atom stereocenters. The summed E-state index contributed by atoms with van der Waals surface area (Å²) in [5.41, 5.74) is 0.827. The van der Waals surface area contributed by atoms with E-state index in [0.717, 1.165) is 11.4 Å². The molecule has 3 rings (SSSR count). The number of benzene rings is 1. The first-order valence-corrected chi connectivity index (χ1v) is 6.05. The summed E-state index contributed by atoms with van der Waals surface area (Å²) >= 11 is 0. The number of ether oxygens (including phenoxy) is 3. The molecule has 104 valence electrons. The Morgan fingerprint density at radius 1 is 1.15 bits per heavy atom. The summed E-state index contributed by atoms with van der Waals surface area (Å²) in [5, 5.41) is 6.13. The summed E-state index contributed by atoms with van der Waals surface area (Å²) in [6.07, 6.45) is 1.46. The molecule has 2 aromatic rings. The van der Waals surface area contributed by atoms with E-state index in [0.29, 0.717) is 23.1 Å². The van der Waals surface area contributed by atoms with E-state index in [4.69, 9.17) is 14.2 Å². The first-order valence-electron chi connectivity index (χ1n) is 6.05. The molecule has 2 N–H and O–H groups in total. The molecule has 0 radical (unpaired) electrons. The minimum absolute atomic E-state index is 0.250. The first kappa shape index (κ1) is 12.3. The number of fused-ring (bicyclic) bond motifs is 1. The quantitative estimate of drug-likeness (QED) is 0.882. The molecule has 0 amide bonds. The molecule has 0 atom stereocenters. The van der Waals surface area contributed by atoms with Crippen molar-refractivity contribution < 1.29 is 14.2 Å². The van der Waals surface area contributed by atoms with Crippen molar-refractivity contribution in [2.45, 2.75) is 0 Å². The second kappa shape index (κ2) is 5.12. The van der Waals surface area contributed by atoms with E-state index in [1.165, 1.54) is 6.33 Å². The van der Waals surface area contributed by atoms with Crippen molar-refractivity contribution in [3.05, 3.63) is 24.5 Å². The molecule has 7 nitrogen and oxygen atoms in total. The van der Waals surface area contributed by atoms with Crippen molar-refractivity contribution in [3.8, 4) is 17.2 Å². The van der Waals surface area contributed by atoms with Crippen molar-refractivity contribution in [1.29, 1.82) is 0 Å². The zero-order chi connectivity index (χ0) is 13.9. The molecule has 0 fully saturated rings. The monoisotopic (exact) mass is 274 g/mol. The molecule has 1 aliphatic heterocycles. The third-order valence-electron chi connectivity index (χ3n) is 2.88.